The molecule has 43 heavy (non-hydrogen) atoms. The standard InChI is InChI=1S/C30H30F6N4O3/c1-28(2,3)39-27(43)40-12-11-21-20(17-5-4-6-19(13-17)29(31,32)33)8-9-22(23(21)15-40)26(42)38-24(16-41)18-7-10-25(37-14-18)30(34,35)36/h4-10,13-14,24,41H,11-12,15-16H2,1-3H3,(H,38,42)(H,39,43)/t24-/m0/s1. The first-order valence-corrected chi connectivity index (χ1v) is 13.3. The molecule has 7 nitrogen and oxygen atoms in total. The number of aliphatic hydroxyl groups excluding tert-OH is 1. The van der Waals surface area contributed by atoms with E-state index in [1.165, 1.54) is 29.2 Å². The number of amides is 3. The zero-order chi connectivity index (χ0) is 31.7. The molecule has 1 atom stereocenters. The lowest BCUT2D eigenvalue weighted by molar-refractivity contribution is -0.141. The normalized spacial score (nSPS) is 14.6. The molecular weight excluding hydrogens is 578 g/mol. The van der Waals surface area contributed by atoms with E-state index in [0.717, 1.165) is 30.5 Å². The van der Waals surface area contributed by atoms with Gasteiger partial charge in [0.15, 0.2) is 0 Å². The van der Waals surface area contributed by atoms with Crippen molar-refractivity contribution in [2.75, 3.05) is 13.2 Å². The van der Waals surface area contributed by atoms with Crippen molar-refractivity contribution in [3.63, 3.8) is 0 Å². The van der Waals surface area contributed by atoms with Crippen molar-refractivity contribution >= 4 is 11.9 Å². The highest BCUT2D eigenvalue weighted by atomic mass is 19.4. The number of rotatable bonds is 5. The van der Waals surface area contributed by atoms with Gasteiger partial charge in [-0.2, -0.15) is 26.3 Å². The molecule has 2 heterocycles. The lowest BCUT2D eigenvalue weighted by atomic mass is 9.86. The van der Waals surface area contributed by atoms with Crippen LogP contribution in [0.3, 0.4) is 0 Å². The van der Waals surface area contributed by atoms with Crippen molar-refractivity contribution in [1.82, 2.24) is 20.5 Å². The first-order chi connectivity index (χ1) is 20.0. The largest absolute Gasteiger partial charge is 0.433 e. The third-order valence-electron chi connectivity index (χ3n) is 6.89. The van der Waals surface area contributed by atoms with E-state index in [4.69, 9.17) is 0 Å². The molecule has 0 unspecified atom stereocenters. The molecule has 0 aliphatic carbocycles. The van der Waals surface area contributed by atoms with Crippen LogP contribution in [0.25, 0.3) is 11.1 Å². The third kappa shape index (κ3) is 7.45. The maximum atomic E-state index is 13.5. The Kier molecular flexibility index (Phi) is 8.77. The van der Waals surface area contributed by atoms with Crippen LogP contribution >= 0.6 is 0 Å². The van der Waals surface area contributed by atoms with Gasteiger partial charge in [0, 0.05) is 30.4 Å². The maximum absolute atomic E-state index is 13.5. The summed E-state index contributed by atoms with van der Waals surface area (Å²) in [5, 5.41) is 15.4. The first kappa shape index (κ1) is 31.8. The van der Waals surface area contributed by atoms with Gasteiger partial charge in [-0.1, -0.05) is 24.3 Å². The van der Waals surface area contributed by atoms with Crippen LogP contribution in [-0.4, -0.2) is 45.6 Å². The van der Waals surface area contributed by atoms with Crippen molar-refractivity contribution in [2.45, 2.75) is 57.7 Å². The van der Waals surface area contributed by atoms with E-state index in [2.05, 4.69) is 15.6 Å². The number of nitrogens with one attached hydrogen (secondary N) is 2. The molecule has 3 N–H and O–H groups in total. The van der Waals surface area contributed by atoms with Crippen molar-refractivity contribution in [1.29, 1.82) is 0 Å². The summed E-state index contributed by atoms with van der Waals surface area (Å²) in [6.45, 7) is 4.97. The van der Waals surface area contributed by atoms with E-state index in [-0.39, 0.29) is 36.2 Å². The van der Waals surface area contributed by atoms with Gasteiger partial charge in [-0.05, 0) is 79.3 Å². The van der Waals surface area contributed by atoms with E-state index in [1.807, 2.05) is 0 Å². The quantitative estimate of drug-likeness (QED) is 0.305. The van der Waals surface area contributed by atoms with Crippen LogP contribution in [0.1, 0.15) is 65.1 Å². The molecule has 2 aromatic carbocycles. The minimum Gasteiger partial charge on any atom is -0.394 e. The molecule has 0 fully saturated rings. The Morgan fingerprint density at radius 1 is 0.977 bits per heavy atom. The van der Waals surface area contributed by atoms with E-state index in [0.29, 0.717) is 16.7 Å². The highest BCUT2D eigenvalue weighted by Crippen LogP contribution is 2.37. The molecule has 0 saturated heterocycles. The molecule has 230 valence electrons. The Bertz CT molecular complexity index is 1500. The summed E-state index contributed by atoms with van der Waals surface area (Å²) in [5.41, 5.74) is -0.531. The van der Waals surface area contributed by atoms with Gasteiger partial charge in [-0.25, -0.2) is 4.79 Å². The minimum absolute atomic E-state index is 0.0293. The fourth-order valence-electron chi connectivity index (χ4n) is 4.84. The second-order valence-corrected chi connectivity index (χ2v) is 11.2. The van der Waals surface area contributed by atoms with Gasteiger partial charge in [-0.15, -0.1) is 0 Å². The van der Waals surface area contributed by atoms with Crippen LogP contribution in [-0.2, 0) is 25.3 Å². The number of benzene rings is 2. The molecule has 3 aromatic rings. The summed E-state index contributed by atoms with van der Waals surface area (Å²) in [6, 6.07) is 8.10. The molecule has 13 heteroatoms. The molecule has 1 aromatic heterocycles. The molecule has 0 saturated carbocycles. The fourth-order valence-corrected chi connectivity index (χ4v) is 4.84. The number of hydrogen-bond donors (Lipinski definition) is 3. The highest BCUT2D eigenvalue weighted by Gasteiger charge is 2.34. The molecular formula is C30H30F6N4O3. The van der Waals surface area contributed by atoms with Crippen LogP contribution in [0.15, 0.2) is 54.7 Å². The van der Waals surface area contributed by atoms with Gasteiger partial charge in [0.2, 0.25) is 0 Å². The SMILES string of the molecule is CC(C)(C)NC(=O)N1CCc2c(-c3cccc(C(F)(F)F)c3)ccc(C(=O)N[C@@H](CO)c3ccc(C(F)(F)F)nc3)c2C1. The van der Waals surface area contributed by atoms with Gasteiger partial charge < -0.3 is 20.6 Å². The van der Waals surface area contributed by atoms with Gasteiger partial charge >= 0.3 is 18.4 Å². The van der Waals surface area contributed by atoms with Crippen molar-refractivity contribution in [2.24, 2.45) is 0 Å². The van der Waals surface area contributed by atoms with Gasteiger partial charge in [0.1, 0.15) is 5.69 Å². The Hall–Kier alpha value is -4.13. The number of carbonyl (C=O) groups is 2. The van der Waals surface area contributed by atoms with Crippen LogP contribution in [0, 0.1) is 0 Å². The smallest absolute Gasteiger partial charge is 0.394 e. The Morgan fingerprint density at radius 3 is 2.28 bits per heavy atom. The van der Waals surface area contributed by atoms with Gasteiger partial charge in [-0.3, -0.25) is 9.78 Å². The van der Waals surface area contributed by atoms with E-state index >= 15 is 0 Å². The second-order valence-electron chi connectivity index (χ2n) is 11.2. The third-order valence-corrected chi connectivity index (χ3v) is 6.89. The van der Waals surface area contributed by atoms with Crippen LogP contribution in [0.2, 0.25) is 0 Å². The monoisotopic (exact) mass is 608 g/mol. The summed E-state index contributed by atoms with van der Waals surface area (Å²) in [5.74, 6) is -0.691. The zero-order valence-corrected chi connectivity index (χ0v) is 23.5. The number of alkyl halides is 6. The van der Waals surface area contributed by atoms with Crippen LogP contribution in [0.5, 0.6) is 0 Å². The number of nitrogens with zero attached hydrogens (tertiary/aromatic N) is 2. The minimum atomic E-state index is -4.66. The van der Waals surface area contributed by atoms with E-state index in [9.17, 15) is 41.0 Å². The molecule has 4 rings (SSSR count). The second kappa shape index (κ2) is 11.9. The predicted octanol–water partition coefficient (Wildman–Crippen LogP) is 6.12. The highest BCUT2D eigenvalue weighted by molar-refractivity contribution is 5.97. The van der Waals surface area contributed by atoms with Gasteiger partial charge in [0.25, 0.3) is 5.91 Å². The molecule has 0 radical (unpaired) electrons. The Balaban J connectivity index is 1.72. The van der Waals surface area contributed by atoms with Crippen molar-refractivity contribution in [3.05, 3.63) is 88.2 Å². The summed E-state index contributed by atoms with van der Waals surface area (Å²) >= 11 is 0. The molecule has 0 bridgehead atoms. The van der Waals surface area contributed by atoms with E-state index in [1.54, 1.807) is 20.8 Å². The number of halogens is 6. The topological polar surface area (TPSA) is 94.6 Å². The summed E-state index contributed by atoms with van der Waals surface area (Å²) in [4.78, 5) is 31.4. The Labute approximate surface area is 243 Å². The number of fused-ring (bicyclic) bond motifs is 1. The number of hydrogen-bond acceptors (Lipinski definition) is 4. The van der Waals surface area contributed by atoms with Crippen LogP contribution in [0.4, 0.5) is 31.1 Å². The van der Waals surface area contributed by atoms with Crippen LogP contribution < -0.4 is 10.6 Å². The first-order valence-electron chi connectivity index (χ1n) is 13.3. The molecule has 3 amide bonds. The average Bonchev–Trinajstić information content (AvgIpc) is 2.93. The summed E-state index contributed by atoms with van der Waals surface area (Å²) < 4.78 is 79.2. The number of aromatic nitrogens is 1. The summed E-state index contributed by atoms with van der Waals surface area (Å²) in [7, 11) is 0. The molecule has 1 aliphatic heterocycles. The molecule has 0 spiro atoms. The fraction of sp³-hybridized carbons (Fsp3) is 0.367. The number of urea groups is 1. The van der Waals surface area contributed by atoms with Gasteiger partial charge in [0.05, 0.1) is 18.2 Å². The predicted molar refractivity (Wildman–Crippen MR) is 146 cm³/mol. The molecule has 1 aliphatic rings. The zero-order valence-electron chi connectivity index (χ0n) is 23.5. The maximum Gasteiger partial charge on any atom is 0.433 e. The number of pyridine rings is 1. The lowest BCUT2D eigenvalue weighted by Gasteiger charge is -2.34. The average molecular weight is 609 g/mol. The number of aliphatic hydroxyl groups is 1. The summed E-state index contributed by atoms with van der Waals surface area (Å²) in [6.07, 6.45) is -8.08. The van der Waals surface area contributed by atoms with Crippen molar-refractivity contribution < 1.29 is 41.0 Å². The Morgan fingerprint density at radius 2 is 1.70 bits per heavy atom. The van der Waals surface area contributed by atoms with E-state index < -0.39 is 53.7 Å². The lowest BCUT2D eigenvalue weighted by Crippen LogP contribution is -2.50. The number of carbonyl (C=O) groups excluding carboxylic acids is 2. The van der Waals surface area contributed by atoms with Crippen molar-refractivity contribution in [3.8, 4) is 11.1 Å².